The van der Waals surface area contributed by atoms with Crippen LogP contribution in [0.2, 0.25) is 0 Å². The molecule has 2 aromatic rings. The van der Waals surface area contributed by atoms with Crippen LogP contribution in [0, 0.1) is 6.92 Å². The molecule has 0 saturated heterocycles. The molecule has 1 heterocycles. The minimum Gasteiger partial charge on any atom is -0.310 e. The van der Waals surface area contributed by atoms with E-state index in [0.717, 1.165) is 17.4 Å². The molecule has 96 valence electrons. The molecular formula is C15H18BrNS. The second kappa shape index (κ2) is 6.50. The van der Waals surface area contributed by atoms with Gasteiger partial charge in [0.05, 0.1) is 0 Å². The molecule has 0 aliphatic rings. The van der Waals surface area contributed by atoms with Crippen molar-refractivity contribution >= 4 is 27.3 Å². The lowest BCUT2D eigenvalue weighted by molar-refractivity contribution is 0.548. The Morgan fingerprint density at radius 1 is 1.17 bits per heavy atom. The molecule has 0 aliphatic carbocycles. The zero-order valence-electron chi connectivity index (χ0n) is 10.7. The van der Waals surface area contributed by atoms with Crippen molar-refractivity contribution in [1.29, 1.82) is 0 Å². The molecule has 2 rings (SSSR count). The van der Waals surface area contributed by atoms with Crippen molar-refractivity contribution in [2.24, 2.45) is 0 Å². The van der Waals surface area contributed by atoms with E-state index in [1.165, 1.54) is 15.3 Å². The van der Waals surface area contributed by atoms with E-state index in [1.807, 2.05) is 11.3 Å². The van der Waals surface area contributed by atoms with E-state index < -0.39 is 0 Å². The third-order valence-corrected chi connectivity index (χ3v) is 4.42. The predicted octanol–water partition coefficient (Wildman–Crippen LogP) is 4.54. The summed E-state index contributed by atoms with van der Waals surface area (Å²) in [6, 6.07) is 13.4. The van der Waals surface area contributed by atoms with Crippen molar-refractivity contribution in [1.82, 2.24) is 5.32 Å². The van der Waals surface area contributed by atoms with Gasteiger partial charge in [0.2, 0.25) is 0 Å². The van der Waals surface area contributed by atoms with Crippen molar-refractivity contribution in [3.63, 3.8) is 0 Å². The fourth-order valence-electron chi connectivity index (χ4n) is 1.86. The van der Waals surface area contributed by atoms with Gasteiger partial charge < -0.3 is 5.32 Å². The van der Waals surface area contributed by atoms with Crippen molar-refractivity contribution in [2.45, 2.75) is 32.9 Å². The molecule has 18 heavy (non-hydrogen) atoms. The smallest absolute Gasteiger partial charge is 0.0208 e. The molecule has 0 bridgehead atoms. The summed E-state index contributed by atoms with van der Waals surface area (Å²) in [4.78, 5) is 2.86. The quantitative estimate of drug-likeness (QED) is 0.851. The Kier molecular flexibility index (Phi) is 4.98. The Labute approximate surface area is 121 Å². The molecule has 0 aliphatic heterocycles. The molecule has 0 spiro atoms. The van der Waals surface area contributed by atoms with Crippen molar-refractivity contribution in [2.75, 3.05) is 0 Å². The molecule has 1 aromatic carbocycles. The van der Waals surface area contributed by atoms with Crippen LogP contribution in [0.3, 0.4) is 0 Å². The molecule has 1 atom stereocenters. The third kappa shape index (κ3) is 4.23. The van der Waals surface area contributed by atoms with E-state index in [1.54, 1.807) is 0 Å². The molecule has 0 saturated carbocycles. The first kappa shape index (κ1) is 13.8. The lowest BCUT2D eigenvalue weighted by Crippen LogP contribution is -2.27. The van der Waals surface area contributed by atoms with Crippen LogP contribution in [0.5, 0.6) is 0 Å². The van der Waals surface area contributed by atoms with Gasteiger partial charge in [0.1, 0.15) is 0 Å². The molecule has 0 radical (unpaired) electrons. The van der Waals surface area contributed by atoms with Crippen LogP contribution < -0.4 is 5.32 Å². The molecule has 1 nitrogen and oxygen atoms in total. The summed E-state index contributed by atoms with van der Waals surface area (Å²) < 4.78 is 1.13. The van der Waals surface area contributed by atoms with Crippen LogP contribution in [-0.4, -0.2) is 6.04 Å². The Hall–Kier alpha value is -0.640. The first-order valence-electron chi connectivity index (χ1n) is 6.16. The number of hydrogen-bond donors (Lipinski definition) is 1. The highest BCUT2D eigenvalue weighted by Gasteiger charge is 2.05. The summed E-state index contributed by atoms with van der Waals surface area (Å²) in [5, 5.41) is 3.57. The first-order valence-corrected chi connectivity index (χ1v) is 7.77. The van der Waals surface area contributed by atoms with Crippen molar-refractivity contribution in [3.05, 3.63) is 56.2 Å². The monoisotopic (exact) mass is 323 g/mol. The van der Waals surface area contributed by atoms with Crippen LogP contribution in [0.15, 0.2) is 40.9 Å². The summed E-state index contributed by atoms with van der Waals surface area (Å²) in [7, 11) is 0. The van der Waals surface area contributed by atoms with Gasteiger partial charge in [-0.15, -0.1) is 11.3 Å². The SMILES string of the molecule is Cc1ccc(CC(C)NCc2ccc(Br)cc2)s1. The molecule has 1 N–H and O–H groups in total. The maximum atomic E-state index is 3.57. The van der Waals surface area contributed by atoms with E-state index in [2.05, 4.69) is 71.5 Å². The average Bonchev–Trinajstić information content (AvgIpc) is 2.74. The number of rotatable bonds is 5. The normalized spacial score (nSPS) is 12.6. The van der Waals surface area contributed by atoms with Gasteiger partial charge >= 0.3 is 0 Å². The van der Waals surface area contributed by atoms with Gasteiger partial charge in [0.25, 0.3) is 0 Å². The van der Waals surface area contributed by atoms with Crippen molar-refractivity contribution < 1.29 is 0 Å². The van der Waals surface area contributed by atoms with E-state index in [9.17, 15) is 0 Å². The lowest BCUT2D eigenvalue weighted by Gasteiger charge is -2.12. The van der Waals surface area contributed by atoms with Gasteiger partial charge in [-0.1, -0.05) is 28.1 Å². The Balaban J connectivity index is 1.81. The van der Waals surface area contributed by atoms with Crippen molar-refractivity contribution in [3.8, 4) is 0 Å². The van der Waals surface area contributed by atoms with Gasteiger partial charge in [-0.25, -0.2) is 0 Å². The molecule has 1 aromatic heterocycles. The van der Waals surface area contributed by atoms with Crippen LogP contribution in [-0.2, 0) is 13.0 Å². The number of nitrogens with one attached hydrogen (secondary N) is 1. The molecule has 1 unspecified atom stereocenters. The number of thiophene rings is 1. The van der Waals surface area contributed by atoms with Crippen LogP contribution >= 0.6 is 27.3 Å². The van der Waals surface area contributed by atoms with Gasteiger partial charge in [0, 0.05) is 26.8 Å². The van der Waals surface area contributed by atoms with Gasteiger partial charge in [-0.2, -0.15) is 0 Å². The fraction of sp³-hybridized carbons (Fsp3) is 0.333. The van der Waals surface area contributed by atoms with E-state index in [0.29, 0.717) is 6.04 Å². The second-order valence-corrected chi connectivity index (χ2v) is 6.91. The number of benzene rings is 1. The largest absolute Gasteiger partial charge is 0.310 e. The number of aryl methyl sites for hydroxylation is 1. The summed E-state index contributed by atoms with van der Waals surface area (Å²) >= 11 is 5.35. The Morgan fingerprint density at radius 3 is 2.50 bits per heavy atom. The summed E-state index contributed by atoms with van der Waals surface area (Å²) in [6.45, 7) is 5.33. The number of hydrogen-bond acceptors (Lipinski definition) is 2. The highest BCUT2D eigenvalue weighted by molar-refractivity contribution is 9.10. The Bertz CT molecular complexity index is 489. The number of halogens is 1. The van der Waals surface area contributed by atoms with Gasteiger partial charge in [-0.05, 0) is 50.1 Å². The standard InChI is InChI=1S/C15H18BrNS/c1-11(9-15-8-3-12(2)18-15)17-10-13-4-6-14(16)7-5-13/h3-8,11,17H,9-10H2,1-2H3. The summed E-state index contributed by atoms with van der Waals surface area (Å²) in [5.41, 5.74) is 1.33. The highest BCUT2D eigenvalue weighted by Crippen LogP contribution is 2.17. The van der Waals surface area contributed by atoms with E-state index >= 15 is 0 Å². The molecular weight excluding hydrogens is 306 g/mol. The minimum atomic E-state index is 0.506. The maximum absolute atomic E-state index is 3.57. The minimum absolute atomic E-state index is 0.506. The molecule has 3 heteroatoms. The highest BCUT2D eigenvalue weighted by atomic mass is 79.9. The van der Waals surface area contributed by atoms with Crippen LogP contribution in [0.1, 0.15) is 22.2 Å². The third-order valence-electron chi connectivity index (χ3n) is 2.87. The summed E-state index contributed by atoms with van der Waals surface area (Å²) in [6.07, 6.45) is 1.11. The molecule has 0 amide bonds. The van der Waals surface area contributed by atoms with E-state index in [-0.39, 0.29) is 0 Å². The second-order valence-electron chi connectivity index (χ2n) is 4.62. The van der Waals surface area contributed by atoms with Crippen LogP contribution in [0.4, 0.5) is 0 Å². The van der Waals surface area contributed by atoms with E-state index in [4.69, 9.17) is 0 Å². The van der Waals surface area contributed by atoms with Gasteiger partial charge in [0.15, 0.2) is 0 Å². The topological polar surface area (TPSA) is 12.0 Å². The predicted molar refractivity (Wildman–Crippen MR) is 83.2 cm³/mol. The first-order chi connectivity index (χ1) is 8.63. The Morgan fingerprint density at radius 2 is 1.89 bits per heavy atom. The molecule has 0 fully saturated rings. The summed E-state index contributed by atoms with van der Waals surface area (Å²) in [5.74, 6) is 0. The zero-order valence-corrected chi connectivity index (χ0v) is 13.1. The maximum Gasteiger partial charge on any atom is 0.0208 e. The zero-order chi connectivity index (χ0) is 13.0. The fourth-order valence-corrected chi connectivity index (χ4v) is 3.15. The lowest BCUT2D eigenvalue weighted by atomic mass is 10.2. The van der Waals surface area contributed by atoms with Crippen LogP contribution in [0.25, 0.3) is 0 Å². The average molecular weight is 324 g/mol. The van der Waals surface area contributed by atoms with Gasteiger partial charge in [-0.3, -0.25) is 0 Å².